The minimum absolute atomic E-state index is 0.0186. The number of carbonyl (C=O) groups excluding carboxylic acids is 1. The molecule has 1 saturated heterocycles. The van der Waals surface area contributed by atoms with Gasteiger partial charge in [0.15, 0.2) is 0 Å². The number of nitrogens with one attached hydrogen (secondary N) is 2. The predicted molar refractivity (Wildman–Crippen MR) is 203 cm³/mol. The molecule has 13 heteroatoms. The van der Waals surface area contributed by atoms with Crippen LogP contribution in [-0.2, 0) is 24.4 Å². The number of amides is 1. The first-order valence-electron chi connectivity index (χ1n) is 17.8. The van der Waals surface area contributed by atoms with Crippen LogP contribution in [0.4, 0.5) is 10.1 Å². The zero-order valence-corrected chi connectivity index (χ0v) is 30.7. The largest absolute Gasteiger partial charge is 0.496 e. The number of benzene rings is 4. The van der Waals surface area contributed by atoms with Gasteiger partial charge in [0.05, 0.1) is 48.0 Å². The highest BCUT2D eigenvalue weighted by Gasteiger charge is 2.26. The summed E-state index contributed by atoms with van der Waals surface area (Å²) in [5.74, 6) is 0.590. The molecule has 1 saturated carbocycles. The van der Waals surface area contributed by atoms with E-state index in [0.29, 0.717) is 64.3 Å². The first kappa shape index (κ1) is 36.3. The fraction of sp³-hybridized carbons (Fsp3) is 0.350. The average molecular weight is 741 g/mol. The predicted octanol–water partition coefficient (Wildman–Crippen LogP) is 7.49. The lowest BCUT2D eigenvalue weighted by atomic mass is 9.91. The lowest BCUT2D eigenvalue weighted by Crippen LogP contribution is -2.36. The van der Waals surface area contributed by atoms with Crippen LogP contribution in [0, 0.1) is 15.9 Å². The second kappa shape index (κ2) is 15.5. The molecule has 2 N–H and O–H groups in total. The van der Waals surface area contributed by atoms with Crippen LogP contribution in [0.15, 0.2) is 66.9 Å². The van der Waals surface area contributed by atoms with Gasteiger partial charge in [-0.15, -0.1) is 0 Å². The van der Waals surface area contributed by atoms with Crippen molar-refractivity contribution in [2.24, 2.45) is 0 Å². The molecule has 2 aliphatic rings. The third kappa shape index (κ3) is 7.44. The number of fused-ring (bicyclic) bond motifs is 1. The molecule has 1 aliphatic carbocycles. The highest BCUT2D eigenvalue weighted by molar-refractivity contribution is 6.36. The number of halogens is 2. The second-order valence-corrected chi connectivity index (χ2v) is 14.2. The van der Waals surface area contributed by atoms with Crippen molar-refractivity contribution in [1.82, 2.24) is 25.3 Å². The summed E-state index contributed by atoms with van der Waals surface area (Å²) < 4.78 is 28.7. The smallest absolute Gasteiger partial charge is 0.275 e. The van der Waals surface area contributed by atoms with Crippen LogP contribution in [0.25, 0.3) is 33.2 Å². The molecule has 4 aromatic carbocycles. The zero-order chi connectivity index (χ0) is 37.2. The summed E-state index contributed by atoms with van der Waals surface area (Å²) in [5.41, 5.74) is 5.17. The highest BCUT2D eigenvalue weighted by atomic mass is 35.5. The molecule has 5 aromatic rings. The van der Waals surface area contributed by atoms with E-state index in [2.05, 4.69) is 20.6 Å². The minimum Gasteiger partial charge on any atom is -0.496 e. The van der Waals surface area contributed by atoms with Crippen molar-refractivity contribution in [1.29, 1.82) is 0 Å². The van der Waals surface area contributed by atoms with Gasteiger partial charge in [-0.25, -0.2) is 4.39 Å². The Labute approximate surface area is 312 Å². The van der Waals surface area contributed by atoms with Gasteiger partial charge in [0.1, 0.15) is 17.3 Å². The Kier molecular flexibility index (Phi) is 10.6. The van der Waals surface area contributed by atoms with Crippen molar-refractivity contribution in [3.8, 4) is 33.8 Å². The van der Waals surface area contributed by atoms with Crippen molar-refractivity contribution < 1.29 is 23.6 Å². The van der Waals surface area contributed by atoms with Crippen molar-refractivity contribution in [2.75, 3.05) is 27.8 Å². The van der Waals surface area contributed by atoms with E-state index in [-0.39, 0.29) is 35.6 Å². The van der Waals surface area contributed by atoms with E-state index in [1.165, 1.54) is 19.6 Å². The monoisotopic (exact) mass is 740 g/mol. The second-order valence-electron chi connectivity index (χ2n) is 13.8. The standard InChI is InChI=1S/C40H42ClFN6O5/c1-46(28-7-4-8-28)22-26-16-36(48(50)51)25(18-37(26)52-2)23-47-35-12-6-10-30(32(35)21-44-47)31-11-5-9-29(40(31)41)24-15-34(42)33(38(17-24)53-3)20-43-19-27-13-14-39(49)45-27/h5-6,9-12,15-18,21,27-28,43H,4,7-8,13-14,19-20,22-23H2,1-3H3,(H,45,49). The number of methoxy groups -OCH3 is 2. The molecule has 0 bridgehead atoms. The van der Waals surface area contributed by atoms with E-state index in [1.807, 2.05) is 43.4 Å². The number of ether oxygens (including phenoxy) is 2. The Hall–Kier alpha value is -5.04. The normalized spacial score (nSPS) is 15.9. The first-order chi connectivity index (χ1) is 25.6. The molecule has 1 amide bonds. The minimum atomic E-state index is -0.434. The van der Waals surface area contributed by atoms with E-state index in [0.717, 1.165) is 46.9 Å². The maximum absolute atomic E-state index is 15.6. The van der Waals surface area contributed by atoms with Gasteiger partial charge in [-0.3, -0.25) is 24.5 Å². The third-order valence-corrected chi connectivity index (χ3v) is 11.0. The molecule has 2 fully saturated rings. The lowest BCUT2D eigenvalue weighted by molar-refractivity contribution is -0.385. The number of rotatable bonds is 14. The SMILES string of the molecule is COc1cc(Cn2ncc3c(-c4cccc(-c5cc(F)c(CNCC6CCC(=O)N6)c(OC)c5)c4Cl)cccc32)c([N+](=O)[O-])cc1CN(C)C1CCC1. The Morgan fingerprint density at radius 3 is 2.49 bits per heavy atom. The number of hydrogen-bond acceptors (Lipinski definition) is 8. The summed E-state index contributed by atoms with van der Waals surface area (Å²) in [4.78, 5) is 25.7. The molecule has 0 spiro atoms. The number of aromatic nitrogens is 2. The summed E-state index contributed by atoms with van der Waals surface area (Å²) in [6.45, 7) is 1.48. The van der Waals surface area contributed by atoms with Crippen molar-refractivity contribution in [2.45, 2.75) is 63.8 Å². The van der Waals surface area contributed by atoms with Gasteiger partial charge in [-0.2, -0.15) is 5.10 Å². The summed E-state index contributed by atoms with van der Waals surface area (Å²) >= 11 is 7.11. The van der Waals surface area contributed by atoms with Gasteiger partial charge < -0.3 is 20.1 Å². The van der Waals surface area contributed by atoms with E-state index >= 15 is 4.39 Å². The molecule has 2 heterocycles. The van der Waals surface area contributed by atoms with Crippen molar-refractivity contribution >= 4 is 34.1 Å². The molecule has 0 radical (unpaired) electrons. The number of nitro benzene ring substituents is 1. The molecule has 1 aromatic heterocycles. The molecule has 1 aliphatic heterocycles. The van der Waals surface area contributed by atoms with Gasteiger partial charge in [-0.05, 0) is 61.7 Å². The van der Waals surface area contributed by atoms with Crippen molar-refractivity contribution in [3.63, 3.8) is 0 Å². The molecule has 7 rings (SSSR count). The Morgan fingerprint density at radius 1 is 1.04 bits per heavy atom. The zero-order valence-electron chi connectivity index (χ0n) is 30.0. The average Bonchev–Trinajstić information content (AvgIpc) is 3.73. The molecule has 1 atom stereocenters. The number of nitrogens with zero attached hydrogens (tertiary/aromatic N) is 4. The van der Waals surface area contributed by atoms with E-state index in [4.69, 9.17) is 21.1 Å². The van der Waals surface area contributed by atoms with Crippen LogP contribution in [-0.4, -0.2) is 65.4 Å². The van der Waals surface area contributed by atoms with E-state index in [1.54, 1.807) is 36.2 Å². The van der Waals surface area contributed by atoms with Gasteiger partial charge in [0, 0.05) is 71.8 Å². The summed E-state index contributed by atoms with van der Waals surface area (Å²) in [6.07, 6.45) is 6.45. The topological polar surface area (TPSA) is 124 Å². The molecule has 53 heavy (non-hydrogen) atoms. The molecule has 1 unspecified atom stereocenters. The fourth-order valence-corrected chi connectivity index (χ4v) is 7.74. The number of nitro groups is 1. The first-order valence-corrected chi connectivity index (χ1v) is 18.2. The molecular formula is C40H42ClFN6O5. The Balaban J connectivity index is 1.17. The number of hydrogen-bond donors (Lipinski definition) is 2. The summed E-state index contributed by atoms with van der Waals surface area (Å²) in [5, 5.41) is 24.4. The van der Waals surface area contributed by atoms with E-state index in [9.17, 15) is 14.9 Å². The third-order valence-electron chi connectivity index (χ3n) is 10.6. The van der Waals surface area contributed by atoms with Crippen LogP contribution in [0.3, 0.4) is 0 Å². The quantitative estimate of drug-likeness (QED) is 0.0887. The molecule has 276 valence electrons. The maximum Gasteiger partial charge on any atom is 0.275 e. The summed E-state index contributed by atoms with van der Waals surface area (Å²) in [6, 6.07) is 18.5. The lowest BCUT2D eigenvalue weighted by Gasteiger charge is -2.35. The fourth-order valence-electron chi connectivity index (χ4n) is 7.40. The van der Waals surface area contributed by atoms with Crippen LogP contribution in [0.1, 0.15) is 48.8 Å². The van der Waals surface area contributed by atoms with Crippen molar-refractivity contribution in [3.05, 3.63) is 105 Å². The highest BCUT2D eigenvalue weighted by Crippen LogP contribution is 2.41. The molecular weight excluding hydrogens is 699 g/mol. The Morgan fingerprint density at radius 2 is 1.79 bits per heavy atom. The van der Waals surface area contributed by atoms with Gasteiger partial charge in [0.2, 0.25) is 5.91 Å². The van der Waals surface area contributed by atoms with Gasteiger partial charge in [0.25, 0.3) is 5.69 Å². The maximum atomic E-state index is 15.6. The van der Waals surface area contributed by atoms with Crippen LogP contribution in [0.2, 0.25) is 5.02 Å². The van der Waals surface area contributed by atoms with Crippen LogP contribution < -0.4 is 20.1 Å². The van der Waals surface area contributed by atoms with E-state index < -0.39 is 5.82 Å². The Bertz CT molecular complexity index is 2190. The number of carbonyl (C=O) groups is 1. The molecule has 11 nitrogen and oxygen atoms in total. The summed E-state index contributed by atoms with van der Waals surface area (Å²) in [7, 11) is 5.14. The van der Waals surface area contributed by atoms with Crippen LogP contribution in [0.5, 0.6) is 11.5 Å². The van der Waals surface area contributed by atoms with Gasteiger partial charge >= 0.3 is 0 Å². The van der Waals surface area contributed by atoms with Crippen LogP contribution >= 0.6 is 11.6 Å². The van der Waals surface area contributed by atoms with Gasteiger partial charge in [-0.1, -0.05) is 48.4 Å².